The van der Waals surface area contributed by atoms with Gasteiger partial charge in [0.25, 0.3) is 0 Å². The van der Waals surface area contributed by atoms with E-state index in [0.717, 1.165) is 12.8 Å². The van der Waals surface area contributed by atoms with Gasteiger partial charge in [-0.3, -0.25) is 4.79 Å². The molecule has 2 N–H and O–H groups in total. The van der Waals surface area contributed by atoms with E-state index < -0.39 is 11.5 Å². The van der Waals surface area contributed by atoms with Crippen molar-refractivity contribution in [2.75, 3.05) is 19.8 Å². The number of aliphatic carboxylic acids is 1. The fraction of sp³-hybridized carbons (Fsp3) is 0.533. The summed E-state index contributed by atoms with van der Waals surface area (Å²) in [5, 5.41) is 12.1. The van der Waals surface area contributed by atoms with Crippen LogP contribution in [0.25, 0.3) is 0 Å². The number of benzene rings is 1. The maximum Gasteiger partial charge on any atom is 0.326 e. The van der Waals surface area contributed by atoms with E-state index in [9.17, 15) is 4.79 Å². The molecular weight excluding hydrogens is 242 g/mol. The Balaban J connectivity index is 2.24. The van der Waals surface area contributed by atoms with Gasteiger partial charge in [0.1, 0.15) is 5.54 Å². The van der Waals surface area contributed by atoms with E-state index in [2.05, 4.69) is 17.4 Å². The SMILES string of the molecule is CCNC(C)(COCCCc1ccccc1)C(=O)O. The minimum Gasteiger partial charge on any atom is -0.480 e. The van der Waals surface area contributed by atoms with Crippen LogP contribution >= 0.6 is 0 Å². The van der Waals surface area contributed by atoms with Gasteiger partial charge >= 0.3 is 5.97 Å². The molecule has 0 aliphatic rings. The lowest BCUT2D eigenvalue weighted by molar-refractivity contribution is -0.146. The molecule has 0 bridgehead atoms. The van der Waals surface area contributed by atoms with E-state index in [1.54, 1.807) is 6.92 Å². The van der Waals surface area contributed by atoms with Crippen molar-refractivity contribution in [1.82, 2.24) is 5.32 Å². The average molecular weight is 265 g/mol. The lowest BCUT2D eigenvalue weighted by Crippen LogP contribution is -2.53. The van der Waals surface area contributed by atoms with E-state index in [1.807, 2.05) is 25.1 Å². The van der Waals surface area contributed by atoms with Crippen molar-refractivity contribution in [2.24, 2.45) is 0 Å². The van der Waals surface area contributed by atoms with Gasteiger partial charge in [-0.15, -0.1) is 0 Å². The molecule has 0 saturated heterocycles. The highest BCUT2D eigenvalue weighted by atomic mass is 16.5. The Morgan fingerprint density at radius 2 is 2.05 bits per heavy atom. The number of carbonyl (C=O) groups is 1. The lowest BCUT2D eigenvalue weighted by Gasteiger charge is -2.25. The summed E-state index contributed by atoms with van der Waals surface area (Å²) in [4.78, 5) is 11.2. The van der Waals surface area contributed by atoms with Crippen molar-refractivity contribution in [2.45, 2.75) is 32.2 Å². The van der Waals surface area contributed by atoms with Gasteiger partial charge in [-0.25, -0.2) is 0 Å². The van der Waals surface area contributed by atoms with Crippen molar-refractivity contribution < 1.29 is 14.6 Å². The van der Waals surface area contributed by atoms with Crippen LogP contribution in [0.4, 0.5) is 0 Å². The van der Waals surface area contributed by atoms with E-state index in [-0.39, 0.29) is 6.61 Å². The topological polar surface area (TPSA) is 58.6 Å². The number of carboxylic acid groups (broad SMARTS) is 1. The van der Waals surface area contributed by atoms with Crippen LogP contribution in [0.3, 0.4) is 0 Å². The highest BCUT2D eigenvalue weighted by Crippen LogP contribution is 2.07. The molecule has 1 atom stereocenters. The predicted octanol–water partition coefficient (Wildman–Crippen LogP) is 2.09. The Hall–Kier alpha value is -1.39. The van der Waals surface area contributed by atoms with Crippen molar-refractivity contribution in [3.8, 4) is 0 Å². The zero-order valence-electron chi connectivity index (χ0n) is 11.7. The molecule has 0 fully saturated rings. The molecule has 0 radical (unpaired) electrons. The first-order valence-electron chi connectivity index (χ1n) is 6.68. The number of hydrogen-bond acceptors (Lipinski definition) is 3. The van der Waals surface area contributed by atoms with Crippen LogP contribution < -0.4 is 5.32 Å². The highest BCUT2D eigenvalue weighted by molar-refractivity contribution is 5.78. The molecule has 4 heteroatoms. The third-order valence-corrected chi connectivity index (χ3v) is 3.03. The molecule has 0 aliphatic carbocycles. The molecular formula is C15H23NO3. The van der Waals surface area contributed by atoms with Gasteiger partial charge in [0.05, 0.1) is 6.61 Å². The molecule has 0 saturated carbocycles. The van der Waals surface area contributed by atoms with E-state index in [4.69, 9.17) is 9.84 Å². The summed E-state index contributed by atoms with van der Waals surface area (Å²) in [6, 6.07) is 10.2. The van der Waals surface area contributed by atoms with Gasteiger partial charge in [-0.1, -0.05) is 37.3 Å². The smallest absolute Gasteiger partial charge is 0.326 e. The monoisotopic (exact) mass is 265 g/mol. The molecule has 0 aromatic heterocycles. The number of carboxylic acids is 1. The van der Waals surface area contributed by atoms with Crippen molar-refractivity contribution >= 4 is 5.97 Å². The largest absolute Gasteiger partial charge is 0.480 e. The van der Waals surface area contributed by atoms with Gasteiger partial charge in [-0.2, -0.15) is 0 Å². The fourth-order valence-electron chi connectivity index (χ4n) is 1.88. The van der Waals surface area contributed by atoms with Crippen molar-refractivity contribution in [3.63, 3.8) is 0 Å². The number of ether oxygens (including phenoxy) is 1. The molecule has 0 amide bonds. The zero-order chi connectivity index (χ0) is 14.1. The quantitative estimate of drug-likeness (QED) is 0.671. The predicted molar refractivity (Wildman–Crippen MR) is 75.3 cm³/mol. The highest BCUT2D eigenvalue weighted by Gasteiger charge is 2.32. The maximum absolute atomic E-state index is 11.2. The van der Waals surface area contributed by atoms with Gasteiger partial charge in [0, 0.05) is 6.61 Å². The first-order valence-corrected chi connectivity index (χ1v) is 6.68. The van der Waals surface area contributed by atoms with Crippen molar-refractivity contribution in [3.05, 3.63) is 35.9 Å². The summed E-state index contributed by atoms with van der Waals surface area (Å²) in [5.74, 6) is -0.877. The maximum atomic E-state index is 11.2. The summed E-state index contributed by atoms with van der Waals surface area (Å²) < 4.78 is 5.49. The zero-order valence-corrected chi connectivity index (χ0v) is 11.7. The van der Waals surface area contributed by atoms with Crippen molar-refractivity contribution in [1.29, 1.82) is 0 Å². The van der Waals surface area contributed by atoms with Crippen LogP contribution in [0.2, 0.25) is 0 Å². The third kappa shape index (κ3) is 5.41. The van der Waals surface area contributed by atoms with Crippen LogP contribution in [-0.4, -0.2) is 36.4 Å². The Bertz CT molecular complexity index is 380. The molecule has 4 nitrogen and oxygen atoms in total. The van der Waals surface area contributed by atoms with Gasteiger partial charge in [-0.05, 0) is 31.9 Å². The Morgan fingerprint density at radius 3 is 2.63 bits per heavy atom. The number of rotatable bonds is 9. The summed E-state index contributed by atoms with van der Waals surface area (Å²) in [5.41, 5.74) is 0.278. The van der Waals surface area contributed by atoms with Gasteiger partial charge in [0.2, 0.25) is 0 Å². The molecule has 0 aliphatic heterocycles. The minimum absolute atomic E-state index is 0.185. The first-order chi connectivity index (χ1) is 9.08. The molecule has 0 heterocycles. The standard InChI is InChI=1S/C15H23NO3/c1-3-16-15(2,14(17)18)12-19-11-7-10-13-8-5-4-6-9-13/h4-6,8-9,16H,3,7,10-12H2,1-2H3,(H,17,18). The van der Waals surface area contributed by atoms with Gasteiger partial charge < -0.3 is 15.2 Å². The number of nitrogens with one attached hydrogen (secondary N) is 1. The molecule has 1 rings (SSSR count). The Labute approximate surface area is 114 Å². The Kier molecular flexibility index (Phi) is 6.53. The van der Waals surface area contributed by atoms with Crippen LogP contribution in [0.1, 0.15) is 25.8 Å². The fourth-order valence-corrected chi connectivity index (χ4v) is 1.88. The summed E-state index contributed by atoms with van der Waals surface area (Å²) >= 11 is 0. The number of hydrogen-bond donors (Lipinski definition) is 2. The molecule has 1 aromatic rings. The summed E-state index contributed by atoms with van der Waals surface area (Å²) in [7, 11) is 0. The lowest BCUT2D eigenvalue weighted by atomic mass is 10.0. The molecule has 19 heavy (non-hydrogen) atoms. The summed E-state index contributed by atoms with van der Waals surface area (Å²) in [6.07, 6.45) is 1.84. The molecule has 1 aromatic carbocycles. The summed E-state index contributed by atoms with van der Waals surface area (Å²) in [6.45, 7) is 4.90. The van der Waals surface area contributed by atoms with Gasteiger partial charge in [0.15, 0.2) is 0 Å². The minimum atomic E-state index is -0.999. The second-order valence-electron chi connectivity index (χ2n) is 4.81. The normalized spacial score (nSPS) is 14.0. The van der Waals surface area contributed by atoms with Crippen LogP contribution in [0, 0.1) is 0 Å². The second kappa shape index (κ2) is 7.92. The Morgan fingerprint density at radius 1 is 1.37 bits per heavy atom. The van der Waals surface area contributed by atoms with Crippen LogP contribution in [0.15, 0.2) is 30.3 Å². The number of aryl methyl sites for hydroxylation is 1. The molecule has 106 valence electrons. The molecule has 1 unspecified atom stereocenters. The number of likely N-dealkylation sites (N-methyl/N-ethyl adjacent to an activating group) is 1. The second-order valence-corrected chi connectivity index (χ2v) is 4.81. The molecule has 0 spiro atoms. The first kappa shape index (κ1) is 15.7. The van der Waals surface area contributed by atoms with Crippen LogP contribution in [0.5, 0.6) is 0 Å². The van der Waals surface area contributed by atoms with Crippen LogP contribution in [-0.2, 0) is 16.0 Å². The average Bonchev–Trinajstić information content (AvgIpc) is 2.39. The third-order valence-electron chi connectivity index (χ3n) is 3.03. The van der Waals surface area contributed by atoms with E-state index >= 15 is 0 Å². The van der Waals surface area contributed by atoms with E-state index in [0.29, 0.717) is 13.2 Å². The van der Waals surface area contributed by atoms with E-state index in [1.165, 1.54) is 5.56 Å².